The first-order chi connectivity index (χ1) is 21.6. The maximum atomic E-state index is 15.6. The molecule has 13 heteroatoms. The number of amides is 4. The molecule has 2 aliphatic heterocycles. The molecule has 2 saturated heterocycles. The Hall–Kier alpha value is -3.74. The van der Waals surface area contributed by atoms with Crippen LogP contribution in [-0.4, -0.2) is 75.9 Å². The van der Waals surface area contributed by atoms with Crippen molar-refractivity contribution in [3.8, 4) is 28.0 Å². The Labute approximate surface area is 270 Å². The van der Waals surface area contributed by atoms with Crippen LogP contribution in [0.4, 0.5) is 14.9 Å². The molecule has 2 fully saturated rings. The van der Waals surface area contributed by atoms with E-state index in [2.05, 4.69) is 16.0 Å². The van der Waals surface area contributed by atoms with Crippen molar-refractivity contribution in [3.05, 3.63) is 70.0 Å². The van der Waals surface area contributed by atoms with Crippen molar-refractivity contribution in [3.63, 3.8) is 0 Å². The van der Waals surface area contributed by atoms with Gasteiger partial charge in [0.05, 0.1) is 35.6 Å². The van der Waals surface area contributed by atoms with E-state index in [4.69, 9.17) is 37.4 Å². The fraction of sp³-hybridized carbons (Fsp3) is 0.344. The molecule has 3 atom stereocenters. The van der Waals surface area contributed by atoms with Gasteiger partial charge in [0.15, 0.2) is 0 Å². The van der Waals surface area contributed by atoms with Gasteiger partial charge < -0.3 is 30.2 Å². The van der Waals surface area contributed by atoms with E-state index in [-0.39, 0.29) is 35.9 Å². The summed E-state index contributed by atoms with van der Waals surface area (Å²) in [5.74, 6) is -2.44. The molecular weight excluding hydrogens is 626 g/mol. The van der Waals surface area contributed by atoms with E-state index < -0.39 is 29.6 Å². The SMILES string of the molecule is COc1cc(-c2cccc(-c3cccc(NC(=O)C4CNC(=O)N(C)C4=O)c3Cl)c2Cl)cc(F)c1CN[C@H]1CCOC[C@H]1OC. The van der Waals surface area contributed by atoms with Crippen LogP contribution in [0.1, 0.15) is 12.0 Å². The second-order valence-corrected chi connectivity index (χ2v) is 11.5. The van der Waals surface area contributed by atoms with Gasteiger partial charge in [-0.1, -0.05) is 53.5 Å². The molecule has 3 N–H and O–H groups in total. The summed E-state index contributed by atoms with van der Waals surface area (Å²) in [7, 11) is 4.41. The number of halogens is 3. The number of ether oxygens (including phenoxy) is 3. The highest BCUT2D eigenvalue weighted by Crippen LogP contribution is 2.42. The quantitative estimate of drug-likeness (QED) is 0.274. The van der Waals surface area contributed by atoms with Crippen LogP contribution >= 0.6 is 23.2 Å². The zero-order valence-corrected chi connectivity index (χ0v) is 26.4. The predicted octanol–water partition coefficient (Wildman–Crippen LogP) is 5.10. The molecule has 0 spiro atoms. The van der Waals surface area contributed by atoms with Gasteiger partial charge in [0.25, 0.3) is 0 Å². The number of nitrogens with one attached hydrogen (secondary N) is 3. The Morgan fingerprint density at radius 1 is 1.09 bits per heavy atom. The zero-order chi connectivity index (χ0) is 32.2. The van der Waals surface area contributed by atoms with E-state index in [1.165, 1.54) is 20.2 Å². The Balaban J connectivity index is 1.40. The average molecular weight is 660 g/mol. The second-order valence-electron chi connectivity index (χ2n) is 10.7. The Morgan fingerprint density at radius 3 is 2.53 bits per heavy atom. The lowest BCUT2D eigenvalue weighted by molar-refractivity contribution is -0.138. The number of imide groups is 1. The van der Waals surface area contributed by atoms with Crippen LogP contribution in [-0.2, 0) is 25.6 Å². The number of benzene rings is 3. The molecular formula is C32H33Cl2FN4O6. The van der Waals surface area contributed by atoms with Crippen LogP contribution in [0.15, 0.2) is 48.5 Å². The van der Waals surface area contributed by atoms with Gasteiger partial charge >= 0.3 is 6.03 Å². The van der Waals surface area contributed by atoms with Crippen molar-refractivity contribution in [2.24, 2.45) is 5.92 Å². The molecule has 45 heavy (non-hydrogen) atoms. The molecule has 10 nitrogen and oxygen atoms in total. The Kier molecular flexibility index (Phi) is 10.3. The largest absolute Gasteiger partial charge is 0.496 e. The third-order valence-electron chi connectivity index (χ3n) is 8.09. The highest BCUT2D eigenvalue weighted by molar-refractivity contribution is 6.39. The standard InChI is InChI=1S/C32H33Cl2FN4O6/c1-39-31(41)22(15-37-32(39)42)30(40)38-25-9-5-8-20(29(25)34)19-7-4-6-18(28(19)33)17-12-23(35)21(26(13-17)43-2)14-36-24-10-11-45-16-27(24)44-3/h4-9,12-13,22,24,27,36H,10-11,14-16H2,1-3H3,(H,37,42)(H,38,40)/t22?,24-,27+/m0/s1. The van der Waals surface area contributed by atoms with Crippen LogP contribution in [0.2, 0.25) is 10.0 Å². The minimum atomic E-state index is -1.11. The van der Waals surface area contributed by atoms with Crippen molar-refractivity contribution in [1.82, 2.24) is 15.5 Å². The van der Waals surface area contributed by atoms with Crippen LogP contribution in [0.25, 0.3) is 22.3 Å². The van der Waals surface area contributed by atoms with Gasteiger partial charge in [-0.3, -0.25) is 14.5 Å². The van der Waals surface area contributed by atoms with Gasteiger partial charge in [0.2, 0.25) is 11.8 Å². The van der Waals surface area contributed by atoms with Crippen molar-refractivity contribution in [2.75, 3.05) is 46.3 Å². The maximum absolute atomic E-state index is 15.6. The topological polar surface area (TPSA) is 118 Å². The van der Waals surface area contributed by atoms with E-state index in [9.17, 15) is 14.4 Å². The molecule has 0 saturated carbocycles. The van der Waals surface area contributed by atoms with Gasteiger partial charge in [-0.2, -0.15) is 0 Å². The van der Waals surface area contributed by atoms with Crippen LogP contribution < -0.4 is 20.7 Å². The van der Waals surface area contributed by atoms with E-state index >= 15 is 4.39 Å². The highest BCUT2D eigenvalue weighted by atomic mass is 35.5. The van der Waals surface area contributed by atoms with Crippen LogP contribution in [0.3, 0.4) is 0 Å². The molecule has 5 rings (SSSR count). The van der Waals surface area contributed by atoms with Crippen molar-refractivity contribution >= 4 is 46.7 Å². The van der Waals surface area contributed by atoms with E-state index in [0.717, 1.165) is 11.3 Å². The second kappa shape index (κ2) is 14.1. The fourth-order valence-electron chi connectivity index (χ4n) is 5.48. The van der Waals surface area contributed by atoms with E-state index in [1.807, 2.05) is 0 Å². The number of hydrogen-bond acceptors (Lipinski definition) is 7. The number of hydrogen-bond donors (Lipinski definition) is 3. The first-order valence-corrected chi connectivity index (χ1v) is 15.0. The number of urea groups is 1. The smallest absolute Gasteiger partial charge is 0.323 e. The summed E-state index contributed by atoms with van der Waals surface area (Å²) >= 11 is 13.7. The molecule has 0 aliphatic carbocycles. The first-order valence-electron chi connectivity index (χ1n) is 14.3. The van der Waals surface area contributed by atoms with Crippen LogP contribution in [0.5, 0.6) is 5.75 Å². The van der Waals surface area contributed by atoms with E-state index in [0.29, 0.717) is 51.8 Å². The van der Waals surface area contributed by atoms with Gasteiger partial charge in [0.1, 0.15) is 17.5 Å². The summed E-state index contributed by atoms with van der Waals surface area (Å²) in [5, 5.41) is 9.08. The summed E-state index contributed by atoms with van der Waals surface area (Å²) in [6.07, 6.45) is 0.608. The van der Waals surface area contributed by atoms with E-state index in [1.54, 1.807) is 49.6 Å². The molecule has 4 amide bonds. The lowest BCUT2D eigenvalue weighted by atomic mass is 9.96. The molecule has 0 bridgehead atoms. The monoisotopic (exact) mass is 658 g/mol. The Morgan fingerprint density at radius 2 is 1.80 bits per heavy atom. The zero-order valence-electron chi connectivity index (χ0n) is 24.9. The normalized spacial score (nSPS) is 20.1. The molecule has 3 aromatic carbocycles. The Bertz CT molecular complexity index is 1620. The molecule has 1 unspecified atom stereocenters. The molecule has 0 radical (unpaired) electrons. The van der Waals surface area contributed by atoms with Gasteiger partial charge in [0, 0.05) is 62.1 Å². The van der Waals surface area contributed by atoms with Crippen LogP contribution in [0, 0.1) is 11.7 Å². The maximum Gasteiger partial charge on any atom is 0.323 e. The number of anilines is 1. The lowest BCUT2D eigenvalue weighted by Gasteiger charge is -2.31. The predicted molar refractivity (Wildman–Crippen MR) is 169 cm³/mol. The average Bonchev–Trinajstić information content (AvgIpc) is 3.04. The summed E-state index contributed by atoms with van der Waals surface area (Å²) in [6.45, 7) is 1.17. The number of methoxy groups -OCH3 is 2. The summed E-state index contributed by atoms with van der Waals surface area (Å²) in [5.41, 5.74) is 2.75. The molecule has 2 aliphatic rings. The fourth-order valence-corrected chi connectivity index (χ4v) is 6.10. The van der Waals surface area contributed by atoms with Crippen molar-refractivity contribution in [1.29, 1.82) is 0 Å². The summed E-state index contributed by atoms with van der Waals surface area (Å²) in [6, 6.07) is 12.9. The van der Waals surface area contributed by atoms with Gasteiger partial charge in [-0.05, 0) is 30.2 Å². The molecule has 238 valence electrons. The van der Waals surface area contributed by atoms with Gasteiger partial charge in [-0.15, -0.1) is 0 Å². The first kappa shape index (κ1) is 32.6. The van der Waals surface area contributed by atoms with Gasteiger partial charge in [-0.25, -0.2) is 9.18 Å². The number of carbonyl (C=O) groups is 3. The molecule has 2 heterocycles. The molecule has 3 aromatic rings. The minimum Gasteiger partial charge on any atom is -0.496 e. The summed E-state index contributed by atoms with van der Waals surface area (Å²) in [4.78, 5) is 38.0. The number of rotatable bonds is 9. The third-order valence-corrected chi connectivity index (χ3v) is 8.90. The van der Waals surface area contributed by atoms with Crippen molar-refractivity contribution in [2.45, 2.75) is 25.1 Å². The summed E-state index contributed by atoms with van der Waals surface area (Å²) < 4.78 is 32.2. The number of carbonyl (C=O) groups excluding carboxylic acids is 3. The minimum absolute atomic E-state index is 0.00862. The molecule has 0 aromatic heterocycles. The number of nitrogens with zero attached hydrogens (tertiary/aromatic N) is 1. The third kappa shape index (κ3) is 6.78. The highest BCUT2D eigenvalue weighted by Gasteiger charge is 2.37. The van der Waals surface area contributed by atoms with Crippen molar-refractivity contribution < 1.29 is 33.0 Å². The lowest BCUT2D eigenvalue weighted by Crippen LogP contribution is -2.56.